The quantitative estimate of drug-likeness (QED) is 0.437. The summed E-state index contributed by atoms with van der Waals surface area (Å²) in [4.78, 5) is 3.61. The van der Waals surface area contributed by atoms with Crippen molar-refractivity contribution in [1.82, 2.24) is 14.6 Å². The first-order valence-electron chi connectivity index (χ1n) is 9.06. The molecule has 7 nitrogen and oxygen atoms in total. The Morgan fingerprint density at radius 3 is 2.53 bits per heavy atom. The van der Waals surface area contributed by atoms with Crippen LogP contribution in [0.1, 0.15) is 11.1 Å². The number of benzene rings is 2. The minimum Gasteiger partial charge on any atom is -0.383 e. The average Bonchev–Trinajstić information content (AvgIpc) is 3.18. The number of alkyl halides is 3. The fourth-order valence-corrected chi connectivity index (χ4v) is 4.80. The van der Waals surface area contributed by atoms with Crippen LogP contribution in [0.2, 0.25) is 5.02 Å². The Hall–Kier alpha value is -3.31. The number of nitrogen functional groups attached to an aromatic ring is 1. The van der Waals surface area contributed by atoms with Gasteiger partial charge in [0.05, 0.1) is 16.8 Å². The summed E-state index contributed by atoms with van der Waals surface area (Å²) >= 11 is 5.87. The normalized spacial score (nSPS) is 12.3. The first-order valence-corrected chi connectivity index (χ1v) is 10.9. The first-order chi connectivity index (χ1) is 15.0. The lowest BCUT2D eigenvalue weighted by Gasteiger charge is -2.14. The molecule has 3 N–H and O–H groups in total. The van der Waals surface area contributed by atoms with Crippen molar-refractivity contribution in [2.75, 3.05) is 10.5 Å². The number of aryl methyl sites for hydroxylation is 1. The Kier molecular flexibility index (Phi) is 5.25. The molecule has 0 aliphatic heterocycles. The molecule has 2 heterocycles. The van der Waals surface area contributed by atoms with Gasteiger partial charge in [0, 0.05) is 23.5 Å². The summed E-state index contributed by atoms with van der Waals surface area (Å²) in [6, 6.07) is 8.43. The highest BCUT2D eigenvalue weighted by Gasteiger charge is 2.32. The lowest BCUT2D eigenvalue weighted by molar-refractivity contribution is -0.137. The van der Waals surface area contributed by atoms with Gasteiger partial charge in [0.25, 0.3) is 10.0 Å². The third kappa shape index (κ3) is 3.96. The number of nitrogens with one attached hydrogen (secondary N) is 1. The van der Waals surface area contributed by atoms with Crippen LogP contribution < -0.4 is 10.5 Å². The molecule has 0 spiro atoms. The fourth-order valence-electron chi connectivity index (χ4n) is 3.22. The van der Waals surface area contributed by atoms with Crippen molar-refractivity contribution in [3.63, 3.8) is 0 Å². The zero-order chi connectivity index (χ0) is 23.3. The smallest absolute Gasteiger partial charge is 0.383 e. The maximum atomic E-state index is 13.0. The Labute approximate surface area is 185 Å². The number of nitrogens with two attached hydrogens (primary N) is 1. The van der Waals surface area contributed by atoms with Gasteiger partial charge in [-0.15, -0.1) is 0 Å². The topological polar surface area (TPSA) is 102 Å². The Morgan fingerprint density at radius 2 is 1.84 bits per heavy atom. The van der Waals surface area contributed by atoms with Crippen molar-refractivity contribution >= 4 is 38.8 Å². The van der Waals surface area contributed by atoms with Crippen LogP contribution >= 0.6 is 11.6 Å². The number of fused-ring (bicyclic) bond motifs is 1. The van der Waals surface area contributed by atoms with Crippen LogP contribution in [0.3, 0.4) is 0 Å². The molecule has 2 aromatic heterocycles. The molecule has 0 saturated heterocycles. The number of sulfonamides is 1. The minimum absolute atomic E-state index is 0.145. The second kappa shape index (κ2) is 7.68. The standard InChI is InChI=1S/C20H15ClF3N5O2S/c1-11-8-13(3-4-14(11)15-10-26-18-6-7-27-29(18)19(15)25)28-32(30,31)17-9-12(20(22,23)24)2-5-16(17)21/h2-10,28H,25H2,1H3. The summed E-state index contributed by atoms with van der Waals surface area (Å²) in [5.41, 5.74) is 7.72. The molecule has 2 aromatic carbocycles. The number of anilines is 2. The van der Waals surface area contributed by atoms with Gasteiger partial charge in [0.1, 0.15) is 10.7 Å². The maximum absolute atomic E-state index is 13.0. The molecular weight excluding hydrogens is 467 g/mol. The van der Waals surface area contributed by atoms with E-state index < -0.39 is 26.7 Å². The lowest BCUT2D eigenvalue weighted by Crippen LogP contribution is -2.15. The van der Waals surface area contributed by atoms with Crippen LogP contribution in [-0.4, -0.2) is 23.0 Å². The summed E-state index contributed by atoms with van der Waals surface area (Å²) in [6.07, 6.45) is -1.57. The number of halogens is 4. The predicted octanol–water partition coefficient (Wildman–Crippen LogP) is 4.76. The van der Waals surface area contributed by atoms with Crippen molar-refractivity contribution in [3.05, 3.63) is 71.0 Å². The number of rotatable bonds is 4. The van der Waals surface area contributed by atoms with Crippen LogP contribution in [-0.2, 0) is 16.2 Å². The van der Waals surface area contributed by atoms with Crippen LogP contribution in [0.25, 0.3) is 16.8 Å². The number of aromatic nitrogens is 3. The summed E-state index contributed by atoms with van der Waals surface area (Å²) in [5.74, 6) is 0.354. The van der Waals surface area contributed by atoms with Gasteiger partial charge in [0.2, 0.25) is 0 Å². The number of hydrogen-bond donors (Lipinski definition) is 2. The zero-order valence-electron chi connectivity index (χ0n) is 16.4. The fraction of sp³-hybridized carbons (Fsp3) is 0.100. The second-order valence-electron chi connectivity index (χ2n) is 6.94. The molecule has 0 aliphatic rings. The van der Waals surface area contributed by atoms with E-state index >= 15 is 0 Å². The largest absolute Gasteiger partial charge is 0.416 e. The van der Waals surface area contributed by atoms with Crippen molar-refractivity contribution in [2.45, 2.75) is 18.0 Å². The van der Waals surface area contributed by atoms with E-state index in [1.165, 1.54) is 16.6 Å². The predicted molar refractivity (Wildman–Crippen MR) is 115 cm³/mol. The highest BCUT2D eigenvalue weighted by atomic mass is 35.5. The van der Waals surface area contributed by atoms with Crippen LogP contribution in [0.5, 0.6) is 0 Å². The van der Waals surface area contributed by atoms with Gasteiger partial charge in [-0.05, 0) is 48.4 Å². The van der Waals surface area contributed by atoms with Gasteiger partial charge >= 0.3 is 6.18 Å². The summed E-state index contributed by atoms with van der Waals surface area (Å²) in [6.45, 7) is 1.73. The highest BCUT2D eigenvalue weighted by molar-refractivity contribution is 7.92. The Balaban J connectivity index is 1.69. The molecule has 0 aliphatic carbocycles. The molecular formula is C20H15ClF3N5O2S. The SMILES string of the molecule is Cc1cc(NS(=O)(=O)c2cc(C(F)(F)F)ccc2Cl)ccc1-c1cnc2ccnn2c1N. The van der Waals surface area contributed by atoms with Crippen molar-refractivity contribution in [3.8, 4) is 11.1 Å². The maximum Gasteiger partial charge on any atom is 0.416 e. The molecule has 0 radical (unpaired) electrons. The Bertz CT molecular complexity index is 1450. The first kappa shape index (κ1) is 21.9. The molecule has 166 valence electrons. The van der Waals surface area contributed by atoms with E-state index in [2.05, 4.69) is 14.8 Å². The van der Waals surface area contributed by atoms with Gasteiger partial charge in [-0.25, -0.2) is 13.4 Å². The zero-order valence-corrected chi connectivity index (χ0v) is 17.9. The van der Waals surface area contributed by atoms with Gasteiger partial charge in [0.15, 0.2) is 5.65 Å². The summed E-state index contributed by atoms with van der Waals surface area (Å²) < 4.78 is 68.2. The van der Waals surface area contributed by atoms with E-state index in [9.17, 15) is 21.6 Å². The van der Waals surface area contributed by atoms with Gasteiger partial charge < -0.3 is 5.73 Å². The number of nitrogens with zero attached hydrogens (tertiary/aromatic N) is 3. The van der Waals surface area contributed by atoms with Gasteiger partial charge in [-0.2, -0.15) is 22.8 Å². The second-order valence-corrected chi connectivity index (χ2v) is 8.99. The minimum atomic E-state index is -4.71. The molecule has 0 fully saturated rings. The average molecular weight is 482 g/mol. The number of hydrogen-bond acceptors (Lipinski definition) is 5. The third-order valence-corrected chi connectivity index (χ3v) is 6.63. The van der Waals surface area contributed by atoms with E-state index in [4.69, 9.17) is 17.3 Å². The summed E-state index contributed by atoms with van der Waals surface area (Å²) in [5, 5.41) is 3.78. The van der Waals surface area contributed by atoms with Crippen molar-refractivity contribution < 1.29 is 21.6 Å². The molecule has 12 heteroatoms. The van der Waals surface area contributed by atoms with Crippen molar-refractivity contribution in [1.29, 1.82) is 0 Å². The molecule has 4 aromatic rings. The molecule has 0 atom stereocenters. The Morgan fingerprint density at radius 1 is 1.09 bits per heavy atom. The van der Waals surface area contributed by atoms with Crippen LogP contribution in [0.15, 0.2) is 59.8 Å². The van der Waals surface area contributed by atoms with Crippen LogP contribution in [0.4, 0.5) is 24.7 Å². The molecule has 0 saturated carbocycles. The van der Waals surface area contributed by atoms with E-state index in [1.54, 1.807) is 31.5 Å². The van der Waals surface area contributed by atoms with Gasteiger partial charge in [-0.1, -0.05) is 17.7 Å². The van der Waals surface area contributed by atoms with Crippen molar-refractivity contribution in [2.24, 2.45) is 0 Å². The molecule has 4 rings (SSSR count). The van der Waals surface area contributed by atoms with E-state index in [1.807, 2.05) is 0 Å². The lowest BCUT2D eigenvalue weighted by atomic mass is 10.0. The van der Waals surface area contributed by atoms with E-state index in [0.29, 0.717) is 34.2 Å². The van der Waals surface area contributed by atoms with E-state index in [0.717, 1.165) is 12.1 Å². The summed E-state index contributed by atoms with van der Waals surface area (Å²) in [7, 11) is -4.38. The third-order valence-electron chi connectivity index (χ3n) is 4.77. The molecule has 0 bridgehead atoms. The molecule has 0 amide bonds. The highest BCUT2D eigenvalue weighted by Crippen LogP contribution is 2.35. The van der Waals surface area contributed by atoms with E-state index in [-0.39, 0.29) is 10.7 Å². The van der Waals surface area contributed by atoms with Crippen LogP contribution in [0, 0.1) is 6.92 Å². The molecule has 0 unspecified atom stereocenters. The molecule has 32 heavy (non-hydrogen) atoms. The monoisotopic (exact) mass is 481 g/mol. The van der Waals surface area contributed by atoms with Gasteiger partial charge in [-0.3, -0.25) is 4.72 Å².